The van der Waals surface area contributed by atoms with E-state index in [4.69, 9.17) is 10.00 Å². The lowest BCUT2D eigenvalue weighted by Crippen LogP contribution is -2.38. The van der Waals surface area contributed by atoms with Crippen molar-refractivity contribution in [1.29, 1.82) is 5.26 Å². The molecule has 3 heterocycles. The molecule has 0 unspecified atom stereocenters. The third-order valence-electron chi connectivity index (χ3n) is 3.61. The maximum atomic E-state index is 8.99. The van der Waals surface area contributed by atoms with Gasteiger partial charge in [-0.1, -0.05) is 0 Å². The SMILES string of the molecule is CCn1cc([C@@H]2CN(c3cc(C#N)ccn3)CCO2)cn1. The Bertz CT molecular complexity index is 660. The van der Waals surface area contributed by atoms with E-state index < -0.39 is 0 Å². The zero-order chi connectivity index (χ0) is 14.7. The Hall–Kier alpha value is -2.39. The van der Waals surface area contributed by atoms with E-state index in [0.29, 0.717) is 12.2 Å². The standard InChI is InChI=1S/C15H17N5O/c1-2-20-10-13(9-18-20)14-11-19(5-6-21-14)15-7-12(8-16)3-4-17-15/h3-4,7,9-10,14H,2,5-6,11H2,1H3/t14-/m0/s1. The molecule has 0 aliphatic carbocycles. The second kappa shape index (κ2) is 5.94. The Morgan fingerprint density at radius 1 is 1.52 bits per heavy atom. The van der Waals surface area contributed by atoms with E-state index in [9.17, 15) is 0 Å². The monoisotopic (exact) mass is 283 g/mol. The summed E-state index contributed by atoms with van der Waals surface area (Å²) >= 11 is 0. The Morgan fingerprint density at radius 3 is 3.19 bits per heavy atom. The van der Waals surface area contributed by atoms with Gasteiger partial charge in [-0.25, -0.2) is 4.98 Å². The minimum Gasteiger partial charge on any atom is -0.370 e. The number of pyridine rings is 1. The third-order valence-corrected chi connectivity index (χ3v) is 3.61. The molecule has 2 aromatic rings. The fourth-order valence-corrected chi connectivity index (χ4v) is 2.44. The van der Waals surface area contributed by atoms with E-state index in [1.54, 1.807) is 12.3 Å². The topological polar surface area (TPSA) is 67.0 Å². The first-order valence-corrected chi connectivity index (χ1v) is 7.05. The summed E-state index contributed by atoms with van der Waals surface area (Å²) in [4.78, 5) is 6.51. The van der Waals surface area contributed by atoms with E-state index in [2.05, 4.69) is 28.0 Å². The molecule has 6 nitrogen and oxygen atoms in total. The van der Waals surface area contributed by atoms with Crippen molar-refractivity contribution in [2.45, 2.75) is 19.6 Å². The Kier molecular flexibility index (Phi) is 3.84. The number of nitriles is 1. The van der Waals surface area contributed by atoms with Gasteiger partial charge in [-0.05, 0) is 19.1 Å². The number of aromatic nitrogens is 3. The summed E-state index contributed by atoms with van der Waals surface area (Å²) in [6.07, 6.45) is 5.55. The molecule has 0 bridgehead atoms. The molecule has 0 aromatic carbocycles. The van der Waals surface area contributed by atoms with Gasteiger partial charge in [0.25, 0.3) is 0 Å². The van der Waals surface area contributed by atoms with Gasteiger partial charge < -0.3 is 9.64 Å². The molecule has 1 saturated heterocycles. The average molecular weight is 283 g/mol. The summed E-state index contributed by atoms with van der Waals surface area (Å²) in [7, 11) is 0. The first-order valence-electron chi connectivity index (χ1n) is 7.05. The maximum Gasteiger partial charge on any atom is 0.129 e. The highest BCUT2D eigenvalue weighted by atomic mass is 16.5. The van der Waals surface area contributed by atoms with Gasteiger partial charge in [0.1, 0.15) is 11.9 Å². The summed E-state index contributed by atoms with van der Waals surface area (Å²) in [6.45, 7) is 5.04. The molecule has 0 N–H and O–H groups in total. The molecule has 0 spiro atoms. The lowest BCUT2D eigenvalue weighted by Gasteiger charge is -2.33. The van der Waals surface area contributed by atoms with Gasteiger partial charge in [-0.3, -0.25) is 4.68 Å². The number of hydrogen-bond acceptors (Lipinski definition) is 5. The Morgan fingerprint density at radius 2 is 2.43 bits per heavy atom. The highest BCUT2D eigenvalue weighted by molar-refractivity contribution is 5.45. The van der Waals surface area contributed by atoms with Crippen LogP contribution in [0.2, 0.25) is 0 Å². The van der Waals surface area contributed by atoms with Crippen molar-refractivity contribution < 1.29 is 4.74 Å². The summed E-state index contributed by atoms with van der Waals surface area (Å²) in [5.74, 6) is 0.824. The predicted molar refractivity (Wildman–Crippen MR) is 77.8 cm³/mol. The van der Waals surface area contributed by atoms with Gasteiger partial charge in [-0.2, -0.15) is 10.4 Å². The number of hydrogen-bond donors (Lipinski definition) is 0. The molecule has 21 heavy (non-hydrogen) atoms. The number of aryl methyl sites for hydroxylation is 1. The molecule has 3 rings (SSSR count). The summed E-state index contributed by atoms with van der Waals surface area (Å²) in [5, 5.41) is 13.3. The van der Waals surface area contributed by atoms with Crippen molar-refractivity contribution in [3.63, 3.8) is 0 Å². The number of nitrogens with zero attached hydrogens (tertiary/aromatic N) is 5. The fraction of sp³-hybridized carbons (Fsp3) is 0.400. The largest absolute Gasteiger partial charge is 0.370 e. The number of ether oxygens (including phenoxy) is 1. The third kappa shape index (κ3) is 2.88. The van der Waals surface area contributed by atoms with Crippen molar-refractivity contribution in [2.75, 3.05) is 24.6 Å². The van der Waals surface area contributed by atoms with Crippen molar-refractivity contribution in [3.8, 4) is 6.07 Å². The summed E-state index contributed by atoms with van der Waals surface area (Å²) in [6, 6.07) is 5.68. The maximum absolute atomic E-state index is 8.99. The van der Waals surface area contributed by atoms with Crippen LogP contribution in [-0.2, 0) is 11.3 Å². The number of anilines is 1. The molecular weight excluding hydrogens is 266 g/mol. The molecular formula is C15H17N5O. The molecule has 108 valence electrons. The van der Waals surface area contributed by atoms with Crippen molar-refractivity contribution >= 4 is 5.82 Å². The normalized spacial score (nSPS) is 18.5. The van der Waals surface area contributed by atoms with E-state index in [0.717, 1.165) is 31.0 Å². The molecule has 2 aromatic heterocycles. The lowest BCUT2D eigenvalue weighted by molar-refractivity contribution is 0.0395. The van der Waals surface area contributed by atoms with Crippen LogP contribution in [-0.4, -0.2) is 34.5 Å². The molecule has 0 saturated carbocycles. The zero-order valence-electron chi connectivity index (χ0n) is 11.9. The van der Waals surface area contributed by atoms with Crippen molar-refractivity contribution in [1.82, 2.24) is 14.8 Å². The highest BCUT2D eigenvalue weighted by Gasteiger charge is 2.24. The lowest BCUT2D eigenvalue weighted by atomic mass is 10.1. The predicted octanol–water partition coefficient (Wildman–Crippen LogP) is 1.75. The van der Waals surface area contributed by atoms with Crippen LogP contribution in [0.3, 0.4) is 0 Å². The van der Waals surface area contributed by atoms with Crippen LogP contribution in [0.1, 0.15) is 24.2 Å². The number of morpholine rings is 1. The fourth-order valence-electron chi connectivity index (χ4n) is 2.44. The van der Waals surface area contributed by atoms with Gasteiger partial charge in [0.2, 0.25) is 0 Å². The minimum atomic E-state index is -0.00779. The Labute approximate surface area is 123 Å². The van der Waals surface area contributed by atoms with Crippen LogP contribution in [0, 0.1) is 11.3 Å². The molecule has 6 heteroatoms. The van der Waals surface area contributed by atoms with Gasteiger partial charge in [0.05, 0.1) is 24.4 Å². The van der Waals surface area contributed by atoms with Crippen LogP contribution < -0.4 is 4.90 Å². The van der Waals surface area contributed by atoms with Crippen molar-refractivity contribution in [2.24, 2.45) is 0 Å². The second-order valence-corrected chi connectivity index (χ2v) is 4.95. The molecule has 0 radical (unpaired) electrons. The molecule has 1 aliphatic heterocycles. The molecule has 1 fully saturated rings. The quantitative estimate of drug-likeness (QED) is 0.858. The van der Waals surface area contributed by atoms with Gasteiger partial charge in [-0.15, -0.1) is 0 Å². The van der Waals surface area contributed by atoms with E-state index in [-0.39, 0.29) is 6.10 Å². The first-order chi connectivity index (χ1) is 10.3. The van der Waals surface area contributed by atoms with Crippen LogP contribution in [0.25, 0.3) is 0 Å². The van der Waals surface area contributed by atoms with Gasteiger partial charge in [0.15, 0.2) is 0 Å². The van der Waals surface area contributed by atoms with Gasteiger partial charge >= 0.3 is 0 Å². The van der Waals surface area contributed by atoms with Crippen LogP contribution in [0.5, 0.6) is 0 Å². The molecule has 1 aliphatic rings. The molecule has 1 atom stereocenters. The highest BCUT2D eigenvalue weighted by Crippen LogP contribution is 2.25. The minimum absolute atomic E-state index is 0.00779. The van der Waals surface area contributed by atoms with Crippen molar-refractivity contribution in [3.05, 3.63) is 41.9 Å². The van der Waals surface area contributed by atoms with E-state index in [1.165, 1.54) is 0 Å². The number of rotatable bonds is 3. The van der Waals surface area contributed by atoms with Crippen LogP contribution in [0.15, 0.2) is 30.7 Å². The zero-order valence-corrected chi connectivity index (χ0v) is 11.9. The van der Waals surface area contributed by atoms with E-state index in [1.807, 2.05) is 23.1 Å². The van der Waals surface area contributed by atoms with Crippen LogP contribution in [0.4, 0.5) is 5.82 Å². The first kappa shape index (κ1) is 13.6. The average Bonchev–Trinajstić information content (AvgIpc) is 3.04. The second-order valence-electron chi connectivity index (χ2n) is 4.95. The summed E-state index contributed by atoms with van der Waals surface area (Å²) in [5.41, 5.74) is 1.71. The smallest absolute Gasteiger partial charge is 0.129 e. The Balaban J connectivity index is 1.77. The van der Waals surface area contributed by atoms with E-state index >= 15 is 0 Å². The van der Waals surface area contributed by atoms with Crippen LogP contribution >= 0.6 is 0 Å². The molecule has 0 amide bonds. The summed E-state index contributed by atoms with van der Waals surface area (Å²) < 4.78 is 7.74. The van der Waals surface area contributed by atoms with Gasteiger partial charge in [0, 0.05) is 37.6 Å².